The van der Waals surface area contributed by atoms with Crippen LogP contribution in [0.15, 0.2) is 0 Å². The molecule has 4 rings (SSSR count). The highest BCUT2D eigenvalue weighted by Gasteiger charge is 2.48. The summed E-state index contributed by atoms with van der Waals surface area (Å²) in [7, 11) is 0. The Bertz CT molecular complexity index is 181. The lowest BCUT2D eigenvalue weighted by Crippen LogP contribution is -2.50. The zero-order chi connectivity index (χ0) is 9.00. The van der Waals surface area contributed by atoms with Crippen molar-refractivity contribution >= 4 is 0 Å². The van der Waals surface area contributed by atoms with Crippen LogP contribution in [0.3, 0.4) is 0 Å². The lowest BCUT2D eigenvalue weighted by Gasteiger charge is -2.55. The number of nitrogens with two attached hydrogens (primary N) is 1. The van der Waals surface area contributed by atoms with Crippen LogP contribution in [0.4, 0.5) is 0 Å². The van der Waals surface area contributed by atoms with Crippen molar-refractivity contribution in [1.29, 1.82) is 0 Å². The molecule has 0 aromatic rings. The summed E-state index contributed by atoms with van der Waals surface area (Å²) in [6.45, 7) is 2.23. The molecule has 4 fully saturated rings. The molecular weight excluding hydrogens is 158 g/mol. The SMILES string of the molecule is CC(N)[C@H]1C2C[C@@H]3CC1C[C@@H](C2)C3. The zero-order valence-corrected chi connectivity index (χ0v) is 8.58. The van der Waals surface area contributed by atoms with Gasteiger partial charge in [0.2, 0.25) is 0 Å². The lowest BCUT2D eigenvalue weighted by molar-refractivity contribution is -0.0442. The first-order chi connectivity index (χ1) is 6.24. The van der Waals surface area contributed by atoms with Gasteiger partial charge in [-0.3, -0.25) is 0 Å². The first kappa shape index (κ1) is 8.28. The van der Waals surface area contributed by atoms with E-state index in [-0.39, 0.29) is 0 Å². The van der Waals surface area contributed by atoms with E-state index in [2.05, 4.69) is 6.92 Å². The molecule has 1 heteroatoms. The first-order valence-electron chi connectivity index (χ1n) is 5.99. The van der Waals surface area contributed by atoms with Gasteiger partial charge in [-0.15, -0.1) is 0 Å². The lowest BCUT2D eigenvalue weighted by atomic mass is 9.51. The third-order valence-electron chi connectivity index (χ3n) is 4.91. The molecule has 1 nitrogen and oxygen atoms in total. The molecule has 1 atom stereocenters. The summed E-state index contributed by atoms with van der Waals surface area (Å²) in [5, 5.41) is 0. The standard InChI is InChI=1S/C12H21N/c1-7(13)12-10-3-8-2-9(5-10)6-11(12)4-8/h7-12H,2-6,13H2,1H3/t7?,8-,9-,10?,11?,12+. The molecule has 0 aromatic heterocycles. The van der Waals surface area contributed by atoms with Crippen molar-refractivity contribution < 1.29 is 0 Å². The number of hydrogen-bond acceptors (Lipinski definition) is 1. The smallest absolute Gasteiger partial charge is 0.00440 e. The maximum atomic E-state index is 6.12. The minimum atomic E-state index is 0.454. The van der Waals surface area contributed by atoms with E-state index in [4.69, 9.17) is 5.73 Å². The van der Waals surface area contributed by atoms with E-state index in [9.17, 15) is 0 Å². The third kappa shape index (κ3) is 1.16. The fourth-order valence-corrected chi connectivity index (χ4v) is 4.83. The minimum Gasteiger partial charge on any atom is -0.328 e. The summed E-state index contributed by atoms with van der Waals surface area (Å²) in [6.07, 6.45) is 7.61. The second-order valence-corrected chi connectivity index (χ2v) is 5.87. The predicted octanol–water partition coefficient (Wildman–Crippen LogP) is 2.41. The molecule has 0 heterocycles. The predicted molar refractivity (Wildman–Crippen MR) is 54.2 cm³/mol. The average molecular weight is 179 g/mol. The summed E-state index contributed by atoms with van der Waals surface area (Å²) < 4.78 is 0. The molecule has 4 saturated carbocycles. The second-order valence-electron chi connectivity index (χ2n) is 5.87. The van der Waals surface area contributed by atoms with Crippen molar-refractivity contribution in [3.8, 4) is 0 Å². The van der Waals surface area contributed by atoms with Gasteiger partial charge in [-0.2, -0.15) is 0 Å². The summed E-state index contributed by atoms with van der Waals surface area (Å²) >= 11 is 0. The van der Waals surface area contributed by atoms with Gasteiger partial charge < -0.3 is 5.73 Å². The Hall–Kier alpha value is -0.0400. The minimum absolute atomic E-state index is 0.454. The van der Waals surface area contributed by atoms with Crippen molar-refractivity contribution in [1.82, 2.24) is 0 Å². The highest BCUT2D eigenvalue weighted by Crippen LogP contribution is 2.56. The summed E-state index contributed by atoms with van der Waals surface area (Å²) in [4.78, 5) is 0. The first-order valence-corrected chi connectivity index (χ1v) is 5.99. The van der Waals surface area contributed by atoms with Gasteiger partial charge in [0.1, 0.15) is 0 Å². The molecule has 13 heavy (non-hydrogen) atoms. The van der Waals surface area contributed by atoms with Gasteiger partial charge in [0, 0.05) is 6.04 Å². The van der Waals surface area contributed by atoms with Crippen molar-refractivity contribution in [2.24, 2.45) is 35.3 Å². The maximum absolute atomic E-state index is 6.12. The van der Waals surface area contributed by atoms with Crippen LogP contribution >= 0.6 is 0 Å². The quantitative estimate of drug-likeness (QED) is 0.657. The molecule has 4 aliphatic carbocycles. The Kier molecular flexibility index (Phi) is 1.74. The van der Waals surface area contributed by atoms with Crippen LogP contribution in [0.2, 0.25) is 0 Å². The van der Waals surface area contributed by atoms with Crippen LogP contribution in [0.5, 0.6) is 0 Å². The van der Waals surface area contributed by atoms with E-state index in [0.29, 0.717) is 6.04 Å². The highest BCUT2D eigenvalue weighted by atomic mass is 14.7. The second kappa shape index (κ2) is 2.73. The van der Waals surface area contributed by atoms with Crippen LogP contribution in [0, 0.1) is 29.6 Å². The topological polar surface area (TPSA) is 26.0 Å². The molecular formula is C12H21N. The van der Waals surface area contributed by atoms with Crippen molar-refractivity contribution in [3.63, 3.8) is 0 Å². The largest absolute Gasteiger partial charge is 0.328 e. The number of hydrogen-bond donors (Lipinski definition) is 1. The molecule has 0 aliphatic heterocycles. The Balaban J connectivity index is 1.85. The van der Waals surface area contributed by atoms with Crippen LogP contribution < -0.4 is 5.73 Å². The van der Waals surface area contributed by atoms with Gasteiger partial charge in [0.25, 0.3) is 0 Å². The maximum Gasteiger partial charge on any atom is 0.00440 e. The fourth-order valence-electron chi connectivity index (χ4n) is 4.83. The molecule has 0 amide bonds. The normalized spacial score (nSPS) is 55.4. The van der Waals surface area contributed by atoms with Gasteiger partial charge in [-0.1, -0.05) is 0 Å². The van der Waals surface area contributed by atoms with Gasteiger partial charge in [0.05, 0.1) is 0 Å². The highest BCUT2D eigenvalue weighted by molar-refractivity contribution is 5.00. The molecule has 2 N–H and O–H groups in total. The summed E-state index contributed by atoms with van der Waals surface area (Å²) in [5.74, 6) is 5.09. The number of rotatable bonds is 1. The van der Waals surface area contributed by atoms with Crippen LogP contribution in [-0.2, 0) is 0 Å². The van der Waals surface area contributed by atoms with Crippen LogP contribution in [0.25, 0.3) is 0 Å². The van der Waals surface area contributed by atoms with Crippen molar-refractivity contribution in [2.75, 3.05) is 0 Å². The average Bonchev–Trinajstić information content (AvgIpc) is 2.00. The Morgan fingerprint density at radius 3 is 1.77 bits per heavy atom. The summed E-state index contributed by atoms with van der Waals surface area (Å²) in [5.41, 5.74) is 6.12. The molecule has 0 radical (unpaired) electrons. The molecule has 74 valence electrons. The molecule has 0 aromatic carbocycles. The van der Waals surface area contributed by atoms with Gasteiger partial charge >= 0.3 is 0 Å². The van der Waals surface area contributed by atoms with E-state index in [0.717, 1.165) is 29.6 Å². The Morgan fingerprint density at radius 2 is 1.38 bits per heavy atom. The molecule has 1 unspecified atom stereocenters. The van der Waals surface area contributed by atoms with Gasteiger partial charge in [-0.25, -0.2) is 0 Å². The Morgan fingerprint density at radius 1 is 0.923 bits per heavy atom. The fraction of sp³-hybridized carbons (Fsp3) is 1.00. The van der Waals surface area contributed by atoms with Gasteiger partial charge in [0.15, 0.2) is 0 Å². The third-order valence-corrected chi connectivity index (χ3v) is 4.91. The van der Waals surface area contributed by atoms with Crippen molar-refractivity contribution in [3.05, 3.63) is 0 Å². The molecule has 0 saturated heterocycles. The van der Waals surface area contributed by atoms with Crippen LogP contribution in [-0.4, -0.2) is 6.04 Å². The zero-order valence-electron chi connectivity index (χ0n) is 8.58. The molecule has 4 bridgehead atoms. The van der Waals surface area contributed by atoms with E-state index < -0.39 is 0 Å². The Labute approximate surface area is 81.1 Å². The molecule has 4 aliphatic rings. The van der Waals surface area contributed by atoms with Crippen molar-refractivity contribution in [2.45, 2.75) is 45.1 Å². The summed E-state index contributed by atoms with van der Waals surface area (Å²) in [6, 6.07) is 0.454. The van der Waals surface area contributed by atoms with E-state index >= 15 is 0 Å². The van der Waals surface area contributed by atoms with Crippen LogP contribution in [0.1, 0.15) is 39.0 Å². The van der Waals surface area contributed by atoms with Gasteiger partial charge in [-0.05, 0) is 68.6 Å². The van der Waals surface area contributed by atoms with E-state index in [1.54, 1.807) is 6.42 Å². The monoisotopic (exact) mass is 179 g/mol. The van der Waals surface area contributed by atoms with E-state index in [1.165, 1.54) is 25.7 Å². The molecule has 0 spiro atoms. The van der Waals surface area contributed by atoms with E-state index in [1.807, 2.05) is 0 Å².